The average molecular weight is 421 g/mol. The van der Waals surface area contributed by atoms with E-state index in [1.807, 2.05) is 36.1 Å². The van der Waals surface area contributed by atoms with E-state index in [0.29, 0.717) is 31.9 Å². The predicted molar refractivity (Wildman–Crippen MR) is 112 cm³/mol. The molecule has 0 amide bonds. The Balaban J connectivity index is 1.59. The average Bonchev–Trinajstić information content (AvgIpc) is 2.74. The van der Waals surface area contributed by atoms with Gasteiger partial charge in [0.2, 0.25) is 0 Å². The summed E-state index contributed by atoms with van der Waals surface area (Å²) in [5.74, 6) is -0.430. The zero-order chi connectivity index (χ0) is 21.3. The number of halogens is 2. The molecule has 0 saturated carbocycles. The number of benzene rings is 2. The summed E-state index contributed by atoms with van der Waals surface area (Å²) in [5.41, 5.74) is 1.41. The standard InChI is InChI=1S/C23H30F2N2O3/c1-18-4-2-3-5-23(18)30-17-21(28)16-27(9-8-26-10-12-29-13-11-26)15-19-6-7-20(24)14-22(19)25/h2-7,14,21,28H,8-13,15-17H2,1H3/t21-/m1/s1. The summed E-state index contributed by atoms with van der Waals surface area (Å²) >= 11 is 0. The molecule has 1 N–H and O–H groups in total. The van der Waals surface area contributed by atoms with Crippen LogP contribution in [0.25, 0.3) is 0 Å². The number of aryl methyl sites for hydroxylation is 1. The molecule has 164 valence electrons. The number of nitrogens with zero attached hydrogens (tertiary/aromatic N) is 2. The maximum Gasteiger partial charge on any atom is 0.130 e. The van der Waals surface area contributed by atoms with Crippen molar-refractivity contribution in [2.45, 2.75) is 19.6 Å². The molecule has 0 aliphatic carbocycles. The highest BCUT2D eigenvalue weighted by atomic mass is 19.1. The van der Waals surface area contributed by atoms with Crippen LogP contribution in [-0.4, -0.2) is 73.6 Å². The van der Waals surface area contributed by atoms with Gasteiger partial charge < -0.3 is 14.6 Å². The molecule has 1 saturated heterocycles. The molecule has 0 unspecified atom stereocenters. The second-order valence-corrected chi connectivity index (χ2v) is 7.66. The minimum absolute atomic E-state index is 0.144. The van der Waals surface area contributed by atoms with Crippen molar-refractivity contribution in [2.24, 2.45) is 0 Å². The minimum Gasteiger partial charge on any atom is -0.491 e. The first kappa shape index (κ1) is 22.6. The maximum absolute atomic E-state index is 14.2. The topological polar surface area (TPSA) is 45.2 Å². The summed E-state index contributed by atoms with van der Waals surface area (Å²) in [6.07, 6.45) is -0.738. The van der Waals surface area contributed by atoms with Crippen LogP contribution < -0.4 is 4.74 Å². The molecular weight excluding hydrogens is 390 g/mol. The molecular formula is C23H30F2N2O3. The molecule has 1 fully saturated rings. The van der Waals surface area contributed by atoms with Gasteiger partial charge in [-0.1, -0.05) is 24.3 Å². The van der Waals surface area contributed by atoms with Crippen LogP contribution in [0.1, 0.15) is 11.1 Å². The van der Waals surface area contributed by atoms with Crippen LogP contribution in [0.2, 0.25) is 0 Å². The molecule has 7 heteroatoms. The first-order valence-electron chi connectivity index (χ1n) is 10.3. The Bertz CT molecular complexity index is 800. The Morgan fingerprint density at radius 1 is 1.17 bits per heavy atom. The molecule has 0 radical (unpaired) electrons. The molecule has 30 heavy (non-hydrogen) atoms. The van der Waals surface area contributed by atoms with Gasteiger partial charge in [-0.2, -0.15) is 0 Å². The second kappa shape index (κ2) is 11.4. The van der Waals surface area contributed by atoms with E-state index < -0.39 is 17.7 Å². The van der Waals surface area contributed by atoms with E-state index in [1.54, 1.807) is 0 Å². The van der Waals surface area contributed by atoms with Gasteiger partial charge in [0.1, 0.15) is 30.1 Å². The van der Waals surface area contributed by atoms with Crippen molar-refractivity contribution in [3.05, 3.63) is 65.2 Å². The molecule has 2 aromatic carbocycles. The van der Waals surface area contributed by atoms with Gasteiger partial charge in [0, 0.05) is 50.9 Å². The van der Waals surface area contributed by atoms with Gasteiger partial charge in [-0.25, -0.2) is 8.78 Å². The van der Waals surface area contributed by atoms with Crippen LogP contribution >= 0.6 is 0 Å². The van der Waals surface area contributed by atoms with E-state index in [2.05, 4.69) is 4.90 Å². The van der Waals surface area contributed by atoms with Gasteiger partial charge in [-0.15, -0.1) is 0 Å². The van der Waals surface area contributed by atoms with Crippen LogP contribution in [-0.2, 0) is 11.3 Å². The molecule has 0 spiro atoms. The zero-order valence-electron chi connectivity index (χ0n) is 17.4. The van der Waals surface area contributed by atoms with Crippen molar-refractivity contribution in [1.29, 1.82) is 0 Å². The number of hydrogen-bond acceptors (Lipinski definition) is 5. The summed E-state index contributed by atoms with van der Waals surface area (Å²) in [6, 6.07) is 11.3. The molecule has 0 aromatic heterocycles. The van der Waals surface area contributed by atoms with E-state index in [0.717, 1.165) is 37.0 Å². The molecule has 1 heterocycles. The monoisotopic (exact) mass is 420 g/mol. The second-order valence-electron chi connectivity index (χ2n) is 7.66. The molecule has 1 aliphatic rings. The van der Waals surface area contributed by atoms with Gasteiger partial charge in [-0.05, 0) is 24.6 Å². The van der Waals surface area contributed by atoms with E-state index in [4.69, 9.17) is 9.47 Å². The van der Waals surface area contributed by atoms with Gasteiger partial charge >= 0.3 is 0 Å². The first-order valence-corrected chi connectivity index (χ1v) is 10.3. The quantitative estimate of drug-likeness (QED) is 0.641. The third-order valence-corrected chi connectivity index (χ3v) is 5.24. The number of morpholine rings is 1. The van der Waals surface area contributed by atoms with Crippen molar-refractivity contribution >= 4 is 0 Å². The van der Waals surface area contributed by atoms with Crippen molar-refractivity contribution in [3.63, 3.8) is 0 Å². The lowest BCUT2D eigenvalue weighted by molar-refractivity contribution is 0.0254. The Morgan fingerprint density at radius 3 is 2.67 bits per heavy atom. The van der Waals surface area contributed by atoms with Crippen molar-refractivity contribution in [3.8, 4) is 5.75 Å². The van der Waals surface area contributed by atoms with Crippen LogP contribution in [0.5, 0.6) is 5.75 Å². The number of aliphatic hydroxyl groups excluding tert-OH is 1. The summed E-state index contributed by atoms with van der Waals surface area (Å²) in [5, 5.41) is 10.5. The maximum atomic E-state index is 14.2. The summed E-state index contributed by atoms with van der Waals surface area (Å²) in [7, 11) is 0. The van der Waals surface area contributed by atoms with Crippen LogP contribution in [0.4, 0.5) is 8.78 Å². The third kappa shape index (κ3) is 7.02. The van der Waals surface area contributed by atoms with Crippen LogP contribution in [0.3, 0.4) is 0 Å². The highest BCUT2D eigenvalue weighted by molar-refractivity contribution is 5.31. The smallest absolute Gasteiger partial charge is 0.130 e. The van der Waals surface area contributed by atoms with Crippen LogP contribution in [0.15, 0.2) is 42.5 Å². The van der Waals surface area contributed by atoms with Crippen molar-refractivity contribution in [2.75, 3.05) is 52.5 Å². The Hall–Kier alpha value is -2.06. The molecule has 1 atom stereocenters. The van der Waals surface area contributed by atoms with Crippen molar-refractivity contribution < 1.29 is 23.4 Å². The lowest BCUT2D eigenvalue weighted by Gasteiger charge is -2.31. The summed E-state index contributed by atoms with van der Waals surface area (Å²) < 4.78 is 38.6. The fourth-order valence-electron chi connectivity index (χ4n) is 3.49. The Morgan fingerprint density at radius 2 is 1.93 bits per heavy atom. The molecule has 2 aromatic rings. The molecule has 5 nitrogen and oxygen atoms in total. The summed E-state index contributed by atoms with van der Waals surface area (Å²) in [6.45, 7) is 7.29. The van der Waals surface area contributed by atoms with Gasteiger partial charge in [0.05, 0.1) is 13.2 Å². The number of hydrogen-bond donors (Lipinski definition) is 1. The van der Waals surface area contributed by atoms with Gasteiger partial charge in [-0.3, -0.25) is 9.80 Å². The van der Waals surface area contributed by atoms with E-state index in [9.17, 15) is 13.9 Å². The Labute approximate surface area is 176 Å². The lowest BCUT2D eigenvalue weighted by atomic mass is 10.2. The first-order chi connectivity index (χ1) is 14.5. The van der Waals surface area contributed by atoms with Gasteiger partial charge in [0.15, 0.2) is 0 Å². The Kier molecular flexibility index (Phi) is 8.57. The normalized spacial score (nSPS) is 16.0. The number of para-hydroxylation sites is 1. The molecule has 0 bridgehead atoms. The predicted octanol–water partition coefficient (Wildman–Crippen LogP) is 2.85. The molecule has 1 aliphatic heterocycles. The SMILES string of the molecule is Cc1ccccc1OC[C@H](O)CN(CCN1CCOCC1)Cc1ccc(F)cc1F. The largest absolute Gasteiger partial charge is 0.491 e. The zero-order valence-corrected chi connectivity index (χ0v) is 17.4. The van der Waals surface area contributed by atoms with Crippen molar-refractivity contribution in [1.82, 2.24) is 9.80 Å². The van der Waals surface area contributed by atoms with E-state index in [1.165, 1.54) is 12.1 Å². The lowest BCUT2D eigenvalue weighted by Crippen LogP contribution is -2.43. The van der Waals surface area contributed by atoms with Crippen LogP contribution in [0, 0.1) is 18.6 Å². The summed E-state index contributed by atoms with van der Waals surface area (Å²) in [4.78, 5) is 4.27. The third-order valence-electron chi connectivity index (χ3n) is 5.24. The number of rotatable bonds is 10. The number of aliphatic hydroxyl groups is 1. The fourth-order valence-corrected chi connectivity index (χ4v) is 3.49. The fraction of sp³-hybridized carbons (Fsp3) is 0.478. The number of ether oxygens (including phenoxy) is 2. The van der Waals surface area contributed by atoms with Gasteiger partial charge in [0.25, 0.3) is 0 Å². The highest BCUT2D eigenvalue weighted by Gasteiger charge is 2.18. The highest BCUT2D eigenvalue weighted by Crippen LogP contribution is 2.17. The van der Waals surface area contributed by atoms with E-state index >= 15 is 0 Å². The molecule has 3 rings (SSSR count). The van der Waals surface area contributed by atoms with E-state index in [-0.39, 0.29) is 13.2 Å². The minimum atomic E-state index is -0.738.